The van der Waals surface area contributed by atoms with Gasteiger partial charge in [-0.05, 0) is 49.5 Å². The normalized spacial score (nSPS) is 34.5. The van der Waals surface area contributed by atoms with E-state index in [1.165, 1.54) is 32.2 Å². The highest BCUT2D eigenvalue weighted by molar-refractivity contribution is 4.87. The minimum atomic E-state index is 0.515. The first-order valence-corrected chi connectivity index (χ1v) is 6.02. The summed E-state index contributed by atoms with van der Waals surface area (Å²) in [5.41, 5.74) is 1.08. The Balaban J connectivity index is 2.45. The van der Waals surface area contributed by atoms with E-state index in [0.29, 0.717) is 10.8 Å². The molecule has 0 aromatic carbocycles. The molecule has 1 heteroatoms. The van der Waals surface area contributed by atoms with Crippen molar-refractivity contribution in [1.82, 2.24) is 5.32 Å². The number of hydrogen-bond donors (Lipinski definition) is 1. The van der Waals surface area contributed by atoms with Crippen molar-refractivity contribution in [3.63, 3.8) is 0 Å². The van der Waals surface area contributed by atoms with Gasteiger partial charge in [0.05, 0.1) is 0 Å². The van der Waals surface area contributed by atoms with E-state index < -0.39 is 0 Å². The van der Waals surface area contributed by atoms with Crippen LogP contribution in [0.15, 0.2) is 0 Å². The fraction of sp³-hybridized carbons (Fsp3) is 1.00. The van der Waals surface area contributed by atoms with Gasteiger partial charge >= 0.3 is 0 Å². The maximum Gasteiger partial charge on any atom is 0.000216 e. The molecule has 0 spiro atoms. The van der Waals surface area contributed by atoms with Gasteiger partial charge in [-0.25, -0.2) is 0 Å². The van der Waals surface area contributed by atoms with Crippen LogP contribution in [0.3, 0.4) is 0 Å². The van der Waals surface area contributed by atoms with Gasteiger partial charge in [0.15, 0.2) is 0 Å². The molecule has 1 fully saturated rings. The van der Waals surface area contributed by atoms with Crippen LogP contribution in [0, 0.1) is 16.7 Å². The van der Waals surface area contributed by atoms with Crippen molar-refractivity contribution in [2.24, 2.45) is 16.7 Å². The molecule has 0 aromatic heterocycles. The molecule has 14 heavy (non-hydrogen) atoms. The molecule has 0 unspecified atom stereocenters. The van der Waals surface area contributed by atoms with Gasteiger partial charge in [0.25, 0.3) is 0 Å². The summed E-state index contributed by atoms with van der Waals surface area (Å²) < 4.78 is 0. The van der Waals surface area contributed by atoms with Crippen molar-refractivity contribution in [3.05, 3.63) is 0 Å². The highest BCUT2D eigenvalue weighted by Crippen LogP contribution is 2.44. The van der Waals surface area contributed by atoms with E-state index in [1.807, 2.05) is 0 Å². The van der Waals surface area contributed by atoms with E-state index >= 15 is 0 Å². The zero-order valence-electron chi connectivity index (χ0n) is 10.6. The maximum absolute atomic E-state index is 3.33. The molecule has 0 atom stereocenters. The predicted octanol–water partition coefficient (Wildman–Crippen LogP) is 3.45. The highest BCUT2D eigenvalue weighted by atomic mass is 14.8. The van der Waals surface area contributed by atoms with Crippen molar-refractivity contribution in [2.75, 3.05) is 13.6 Å². The Bertz CT molecular complexity index is 170. The molecule has 1 aliphatic carbocycles. The monoisotopic (exact) mass is 197 g/mol. The predicted molar refractivity (Wildman–Crippen MR) is 63.4 cm³/mol. The summed E-state index contributed by atoms with van der Waals surface area (Å²) in [7, 11) is 2.07. The number of rotatable bonds is 2. The molecule has 1 nitrogen and oxygen atoms in total. The SMILES string of the molecule is CNCC1(C)CCC(C(C)(C)C)CC1. The average molecular weight is 197 g/mol. The second-order valence-electron chi connectivity index (χ2n) is 6.48. The van der Waals surface area contributed by atoms with E-state index in [9.17, 15) is 0 Å². The largest absolute Gasteiger partial charge is 0.319 e. The second kappa shape index (κ2) is 4.22. The first-order chi connectivity index (χ1) is 6.37. The Kier molecular flexibility index (Phi) is 3.63. The van der Waals surface area contributed by atoms with Crippen LogP contribution < -0.4 is 5.32 Å². The van der Waals surface area contributed by atoms with Crippen LogP contribution >= 0.6 is 0 Å². The lowest BCUT2D eigenvalue weighted by Crippen LogP contribution is -2.36. The van der Waals surface area contributed by atoms with Gasteiger partial charge in [0.1, 0.15) is 0 Å². The average Bonchev–Trinajstić information content (AvgIpc) is 2.03. The summed E-state index contributed by atoms with van der Waals surface area (Å²) in [4.78, 5) is 0. The minimum Gasteiger partial charge on any atom is -0.319 e. The van der Waals surface area contributed by atoms with Gasteiger partial charge in [-0.2, -0.15) is 0 Å². The molecule has 1 rings (SSSR count). The number of nitrogens with one attached hydrogen (secondary N) is 1. The number of hydrogen-bond acceptors (Lipinski definition) is 1. The quantitative estimate of drug-likeness (QED) is 0.715. The van der Waals surface area contributed by atoms with Gasteiger partial charge in [-0.1, -0.05) is 27.7 Å². The van der Waals surface area contributed by atoms with E-state index in [0.717, 1.165) is 5.92 Å². The van der Waals surface area contributed by atoms with Crippen LogP contribution in [-0.2, 0) is 0 Å². The van der Waals surface area contributed by atoms with Crippen molar-refractivity contribution in [1.29, 1.82) is 0 Å². The van der Waals surface area contributed by atoms with Crippen molar-refractivity contribution >= 4 is 0 Å². The molecule has 0 aliphatic heterocycles. The molecule has 0 radical (unpaired) electrons. The van der Waals surface area contributed by atoms with Gasteiger partial charge in [0, 0.05) is 6.54 Å². The summed E-state index contributed by atoms with van der Waals surface area (Å²) >= 11 is 0. The Labute approximate surface area is 89.7 Å². The van der Waals surface area contributed by atoms with Crippen LogP contribution in [0.1, 0.15) is 53.4 Å². The van der Waals surface area contributed by atoms with Gasteiger partial charge in [0.2, 0.25) is 0 Å². The third-order valence-electron chi connectivity index (χ3n) is 4.02. The Hall–Kier alpha value is -0.0400. The standard InChI is InChI=1S/C13H27N/c1-12(2,3)11-6-8-13(4,9-7-11)10-14-5/h11,14H,6-10H2,1-5H3. The fourth-order valence-electron chi connectivity index (χ4n) is 2.78. The van der Waals surface area contributed by atoms with Crippen LogP contribution in [0.4, 0.5) is 0 Å². The van der Waals surface area contributed by atoms with Gasteiger partial charge < -0.3 is 5.32 Å². The molecule has 1 saturated carbocycles. The zero-order chi connectivity index (χ0) is 10.8. The van der Waals surface area contributed by atoms with E-state index in [-0.39, 0.29) is 0 Å². The van der Waals surface area contributed by atoms with E-state index in [2.05, 4.69) is 40.1 Å². The van der Waals surface area contributed by atoms with E-state index in [1.54, 1.807) is 0 Å². The first kappa shape index (κ1) is 12.0. The van der Waals surface area contributed by atoms with Crippen LogP contribution in [-0.4, -0.2) is 13.6 Å². The lowest BCUT2D eigenvalue weighted by atomic mass is 9.65. The van der Waals surface area contributed by atoms with Crippen LogP contribution in [0.5, 0.6) is 0 Å². The third-order valence-corrected chi connectivity index (χ3v) is 4.02. The summed E-state index contributed by atoms with van der Waals surface area (Å²) in [5, 5.41) is 3.33. The molecule has 0 aromatic rings. The molecule has 0 heterocycles. The van der Waals surface area contributed by atoms with Crippen molar-refractivity contribution < 1.29 is 0 Å². The second-order valence-corrected chi connectivity index (χ2v) is 6.48. The topological polar surface area (TPSA) is 12.0 Å². The van der Waals surface area contributed by atoms with Gasteiger partial charge in [-0.15, -0.1) is 0 Å². The van der Waals surface area contributed by atoms with E-state index in [4.69, 9.17) is 0 Å². The molecule has 1 N–H and O–H groups in total. The van der Waals surface area contributed by atoms with Crippen molar-refractivity contribution in [2.45, 2.75) is 53.4 Å². The molecule has 84 valence electrons. The first-order valence-electron chi connectivity index (χ1n) is 6.02. The maximum atomic E-state index is 3.33. The summed E-state index contributed by atoms with van der Waals surface area (Å²) in [5.74, 6) is 0.937. The lowest BCUT2D eigenvalue weighted by Gasteiger charge is -2.42. The smallest absolute Gasteiger partial charge is 0.000216 e. The molecule has 1 aliphatic rings. The van der Waals surface area contributed by atoms with Crippen molar-refractivity contribution in [3.8, 4) is 0 Å². The fourth-order valence-corrected chi connectivity index (χ4v) is 2.78. The molecule has 0 saturated heterocycles. The summed E-state index contributed by atoms with van der Waals surface area (Å²) in [6.45, 7) is 10.8. The van der Waals surface area contributed by atoms with Crippen LogP contribution in [0.25, 0.3) is 0 Å². The molecular weight excluding hydrogens is 170 g/mol. The summed E-state index contributed by atoms with van der Waals surface area (Å²) in [6.07, 6.45) is 5.63. The highest BCUT2D eigenvalue weighted by Gasteiger charge is 2.35. The zero-order valence-corrected chi connectivity index (χ0v) is 10.6. The van der Waals surface area contributed by atoms with Gasteiger partial charge in [-0.3, -0.25) is 0 Å². The Morgan fingerprint density at radius 1 is 1.21 bits per heavy atom. The Morgan fingerprint density at radius 3 is 2.07 bits per heavy atom. The Morgan fingerprint density at radius 2 is 1.71 bits per heavy atom. The molecule has 0 amide bonds. The minimum absolute atomic E-state index is 0.515. The molecule has 0 bridgehead atoms. The van der Waals surface area contributed by atoms with Crippen LogP contribution in [0.2, 0.25) is 0 Å². The third kappa shape index (κ3) is 2.98. The lowest BCUT2D eigenvalue weighted by molar-refractivity contribution is 0.100. The summed E-state index contributed by atoms with van der Waals surface area (Å²) in [6, 6.07) is 0. The molecular formula is C13H27N.